The third-order valence-electron chi connectivity index (χ3n) is 2.87. The Morgan fingerprint density at radius 3 is 2.16 bits per heavy atom. The van der Waals surface area contributed by atoms with Crippen LogP contribution in [-0.4, -0.2) is 0 Å². The van der Waals surface area contributed by atoms with E-state index in [2.05, 4.69) is 0 Å². The van der Waals surface area contributed by atoms with E-state index >= 15 is 0 Å². The highest BCUT2D eigenvalue weighted by atomic mass is 19.2. The summed E-state index contributed by atoms with van der Waals surface area (Å²) < 4.78 is 32.0. The van der Waals surface area contributed by atoms with E-state index in [9.17, 15) is 8.78 Å². The SMILES string of the molecule is CC(C)(Oc1ccc(N)cc1)c1ccc(F)c(F)c1. The molecule has 0 aliphatic rings. The molecule has 0 amide bonds. The first-order valence-corrected chi connectivity index (χ1v) is 5.88. The summed E-state index contributed by atoms with van der Waals surface area (Å²) in [6, 6.07) is 10.7. The van der Waals surface area contributed by atoms with Crippen molar-refractivity contribution in [3.63, 3.8) is 0 Å². The normalized spacial score (nSPS) is 11.4. The number of halogens is 2. The largest absolute Gasteiger partial charge is 0.483 e. The topological polar surface area (TPSA) is 35.2 Å². The predicted molar refractivity (Wildman–Crippen MR) is 70.9 cm³/mol. The maximum atomic E-state index is 13.3. The fourth-order valence-corrected chi connectivity index (χ4v) is 1.76. The lowest BCUT2D eigenvalue weighted by Gasteiger charge is -2.27. The van der Waals surface area contributed by atoms with Gasteiger partial charge in [0.05, 0.1) is 0 Å². The third-order valence-corrected chi connectivity index (χ3v) is 2.87. The molecule has 2 aromatic carbocycles. The van der Waals surface area contributed by atoms with Crippen LogP contribution in [0.4, 0.5) is 14.5 Å². The van der Waals surface area contributed by atoms with Crippen LogP contribution in [0.3, 0.4) is 0 Å². The second kappa shape index (κ2) is 4.88. The Balaban J connectivity index is 2.26. The molecule has 0 atom stereocenters. The zero-order valence-electron chi connectivity index (χ0n) is 10.8. The lowest BCUT2D eigenvalue weighted by Crippen LogP contribution is -2.25. The van der Waals surface area contributed by atoms with Crippen molar-refractivity contribution in [2.24, 2.45) is 0 Å². The summed E-state index contributed by atoms with van der Waals surface area (Å²) in [4.78, 5) is 0. The number of hydrogen-bond acceptors (Lipinski definition) is 2. The van der Waals surface area contributed by atoms with Gasteiger partial charge in [0, 0.05) is 5.69 Å². The molecule has 0 aliphatic carbocycles. The van der Waals surface area contributed by atoms with Crippen LogP contribution in [0.1, 0.15) is 19.4 Å². The first kappa shape index (κ1) is 13.3. The van der Waals surface area contributed by atoms with Crippen molar-refractivity contribution in [3.05, 3.63) is 59.7 Å². The molecule has 0 aliphatic heterocycles. The van der Waals surface area contributed by atoms with E-state index in [-0.39, 0.29) is 0 Å². The van der Waals surface area contributed by atoms with E-state index in [1.54, 1.807) is 38.1 Å². The second-order valence-electron chi connectivity index (χ2n) is 4.81. The highest BCUT2D eigenvalue weighted by Crippen LogP contribution is 2.28. The zero-order valence-corrected chi connectivity index (χ0v) is 10.8. The Labute approximate surface area is 110 Å². The summed E-state index contributed by atoms with van der Waals surface area (Å²) in [6.45, 7) is 3.58. The third kappa shape index (κ3) is 3.02. The van der Waals surface area contributed by atoms with Gasteiger partial charge in [-0.15, -0.1) is 0 Å². The summed E-state index contributed by atoms with van der Waals surface area (Å²) in [5.41, 5.74) is 6.01. The number of benzene rings is 2. The van der Waals surface area contributed by atoms with Crippen LogP contribution in [-0.2, 0) is 5.60 Å². The Kier molecular flexibility index (Phi) is 3.42. The fourth-order valence-electron chi connectivity index (χ4n) is 1.76. The van der Waals surface area contributed by atoms with Crippen molar-refractivity contribution in [3.8, 4) is 5.75 Å². The van der Waals surface area contributed by atoms with Crippen molar-refractivity contribution in [1.29, 1.82) is 0 Å². The fraction of sp³-hybridized carbons (Fsp3) is 0.200. The average Bonchev–Trinajstić information content (AvgIpc) is 2.35. The molecule has 2 nitrogen and oxygen atoms in total. The van der Waals surface area contributed by atoms with Gasteiger partial charge in [0.15, 0.2) is 11.6 Å². The van der Waals surface area contributed by atoms with Crippen molar-refractivity contribution >= 4 is 5.69 Å². The van der Waals surface area contributed by atoms with E-state index in [1.165, 1.54) is 6.07 Å². The minimum Gasteiger partial charge on any atom is -0.483 e. The molecule has 2 rings (SSSR count). The Morgan fingerprint density at radius 2 is 1.58 bits per heavy atom. The number of anilines is 1. The molecule has 100 valence electrons. The van der Waals surface area contributed by atoms with Crippen molar-refractivity contribution in [2.45, 2.75) is 19.4 Å². The van der Waals surface area contributed by atoms with E-state index < -0.39 is 17.2 Å². The Morgan fingerprint density at radius 1 is 0.947 bits per heavy atom. The highest BCUT2D eigenvalue weighted by Gasteiger charge is 2.24. The van der Waals surface area contributed by atoms with Crippen LogP contribution in [0, 0.1) is 11.6 Å². The molecule has 0 bridgehead atoms. The van der Waals surface area contributed by atoms with Crippen LogP contribution in [0.5, 0.6) is 5.75 Å². The second-order valence-corrected chi connectivity index (χ2v) is 4.81. The summed E-state index contributed by atoms with van der Waals surface area (Å²) in [6.07, 6.45) is 0. The molecule has 2 N–H and O–H groups in total. The summed E-state index contributed by atoms with van der Waals surface area (Å²) in [5.74, 6) is -1.14. The highest BCUT2D eigenvalue weighted by molar-refractivity contribution is 5.42. The number of nitrogens with two attached hydrogens (primary N) is 1. The monoisotopic (exact) mass is 263 g/mol. The van der Waals surface area contributed by atoms with Crippen LogP contribution in [0.2, 0.25) is 0 Å². The molecule has 2 aromatic rings. The quantitative estimate of drug-likeness (QED) is 0.853. The van der Waals surface area contributed by atoms with Gasteiger partial charge < -0.3 is 10.5 Å². The number of hydrogen-bond donors (Lipinski definition) is 1. The molecule has 0 saturated heterocycles. The Bertz CT molecular complexity index is 579. The van der Waals surface area contributed by atoms with Crippen LogP contribution < -0.4 is 10.5 Å². The summed E-state index contributed by atoms with van der Waals surface area (Å²) in [7, 11) is 0. The van der Waals surface area contributed by atoms with Crippen LogP contribution in [0.15, 0.2) is 42.5 Å². The zero-order chi connectivity index (χ0) is 14.0. The first-order valence-electron chi connectivity index (χ1n) is 5.88. The molecule has 0 radical (unpaired) electrons. The molecule has 0 heterocycles. The molecule has 0 fully saturated rings. The molecule has 0 saturated carbocycles. The standard InChI is InChI=1S/C15H15F2NO/c1-15(2,10-3-8-13(16)14(17)9-10)19-12-6-4-11(18)5-7-12/h3-9H,18H2,1-2H3. The number of ether oxygens (including phenoxy) is 1. The van der Waals surface area contributed by atoms with E-state index in [0.717, 1.165) is 12.1 Å². The van der Waals surface area contributed by atoms with Gasteiger partial charge in [0.2, 0.25) is 0 Å². The van der Waals surface area contributed by atoms with Crippen LogP contribution >= 0.6 is 0 Å². The van der Waals surface area contributed by atoms with Gasteiger partial charge in [-0.1, -0.05) is 6.07 Å². The summed E-state index contributed by atoms with van der Waals surface area (Å²) in [5, 5.41) is 0. The predicted octanol–water partition coefficient (Wildman–Crippen LogP) is 3.86. The minimum absolute atomic E-state index is 0.559. The van der Waals surface area contributed by atoms with Gasteiger partial charge in [0.25, 0.3) is 0 Å². The summed E-state index contributed by atoms with van der Waals surface area (Å²) >= 11 is 0. The molecule has 0 spiro atoms. The van der Waals surface area contributed by atoms with Crippen LogP contribution in [0.25, 0.3) is 0 Å². The molecular formula is C15H15F2NO. The van der Waals surface area contributed by atoms with Crippen molar-refractivity contribution < 1.29 is 13.5 Å². The maximum absolute atomic E-state index is 13.3. The van der Waals surface area contributed by atoms with Gasteiger partial charge in [-0.2, -0.15) is 0 Å². The average molecular weight is 263 g/mol. The maximum Gasteiger partial charge on any atom is 0.159 e. The smallest absolute Gasteiger partial charge is 0.159 e. The Hall–Kier alpha value is -2.10. The van der Waals surface area contributed by atoms with E-state index in [0.29, 0.717) is 17.0 Å². The minimum atomic E-state index is -0.883. The lowest BCUT2D eigenvalue weighted by atomic mass is 9.97. The van der Waals surface area contributed by atoms with Gasteiger partial charge in [0.1, 0.15) is 11.4 Å². The molecule has 4 heteroatoms. The van der Waals surface area contributed by atoms with E-state index in [4.69, 9.17) is 10.5 Å². The van der Waals surface area contributed by atoms with Gasteiger partial charge in [-0.3, -0.25) is 0 Å². The van der Waals surface area contributed by atoms with Gasteiger partial charge in [-0.05, 0) is 55.8 Å². The lowest BCUT2D eigenvalue weighted by molar-refractivity contribution is 0.108. The first-order chi connectivity index (χ1) is 8.88. The van der Waals surface area contributed by atoms with Gasteiger partial charge >= 0.3 is 0 Å². The van der Waals surface area contributed by atoms with Gasteiger partial charge in [-0.25, -0.2) is 8.78 Å². The number of nitrogen functional groups attached to an aromatic ring is 1. The van der Waals surface area contributed by atoms with E-state index in [1.807, 2.05) is 0 Å². The molecule has 19 heavy (non-hydrogen) atoms. The molecule has 0 aromatic heterocycles. The molecular weight excluding hydrogens is 248 g/mol. The number of rotatable bonds is 3. The van der Waals surface area contributed by atoms with Crippen molar-refractivity contribution in [1.82, 2.24) is 0 Å². The molecule has 0 unspecified atom stereocenters. The van der Waals surface area contributed by atoms with Crippen molar-refractivity contribution in [2.75, 3.05) is 5.73 Å².